The van der Waals surface area contributed by atoms with E-state index in [0.717, 1.165) is 15.4 Å². The van der Waals surface area contributed by atoms with E-state index in [0.29, 0.717) is 0 Å². The number of rotatable bonds is 12. The fourth-order valence-corrected chi connectivity index (χ4v) is 6.34. The van der Waals surface area contributed by atoms with Crippen molar-refractivity contribution in [3.63, 3.8) is 0 Å². The van der Waals surface area contributed by atoms with Gasteiger partial charge in [-0.3, -0.25) is 13.9 Å². The Morgan fingerprint density at radius 1 is 0.762 bits per heavy atom. The molecule has 9 heteroatoms. The van der Waals surface area contributed by atoms with Crippen molar-refractivity contribution in [2.24, 2.45) is 0 Å². The predicted molar refractivity (Wildman–Crippen MR) is 167 cm³/mol. The van der Waals surface area contributed by atoms with Gasteiger partial charge in [0.15, 0.2) is 0 Å². The Kier molecular flexibility index (Phi) is 10.4. The summed E-state index contributed by atoms with van der Waals surface area (Å²) in [4.78, 5) is 29.5. The molecular weight excluding hydrogens is 570 g/mol. The van der Waals surface area contributed by atoms with E-state index in [1.165, 1.54) is 17.0 Å². The minimum Gasteiger partial charge on any atom is -0.352 e. The maximum Gasteiger partial charge on any atom is 0.264 e. The molecule has 7 nitrogen and oxygen atoms in total. The minimum absolute atomic E-state index is 0.0192. The average molecular weight is 604 g/mol. The number of hydrogen-bond donors (Lipinski definition) is 1. The van der Waals surface area contributed by atoms with Crippen LogP contribution in [0.3, 0.4) is 0 Å². The van der Waals surface area contributed by atoms with Crippen LogP contribution in [-0.4, -0.2) is 43.8 Å². The third-order valence-electron chi connectivity index (χ3n) is 6.63. The van der Waals surface area contributed by atoms with Crippen molar-refractivity contribution in [3.05, 3.63) is 131 Å². The number of carbonyl (C=O) groups is 2. The fourth-order valence-electron chi connectivity index (χ4n) is 4.60. The first-order valence-electron chi connectivity index (χ1n) is 13.7. The molecule has 42 heavy (non-hydrogen) atoms. The van der Waals surface area contributed by atoms with Crippen LogP contribution < -0.4 is 9.62 Å². The molecule has 0 saturated carbocycles. The van der Waals surface area contributed by atoms with Gasteiger partial charge in [-0.2, -0.15) is 0 Å². The van der Waals surface area contributed by atoms with E-state index in [2.05, 4.69) is 5.32 Å². The molecule has 0 aliphatic carbocycles. The van der Waals surface area contributed by atoms with Crippen molar-refractivity contribution in [2.75, 3.05) is 10.8 Å². The number of carbonyl (C=O) groups excluding carboxylic acids is 2. The van der Waals surface area contributed by atoms with E-state index in [-0.39, 0.29) is 40.5 Å². The van der Waals surface area contributed by atoms with Crippen LogP contribution in [0.4, 0.5) is 5.69 Å². The summed E-state index contributed by atoms with van der Waals surface area (Å²) in [5, 5.41) is 3.13. The van der Waals surface area contributed by atoms with Gasteiger partial charge >= 0.3 is 0 Å². The summed E-state index contributed by atoms with van der Waals surface area (Å²) in [7, 11) is -4.20. The van der Waals surface area contributed by atoms with Gasteiger partial charge in [0.2, 0.25) is 11.8 Å². The van der Waals surface area contributed by atoms with E-state index >= 15 is 0 Å². The zero-order chi connectivity index (χ0) is 30.1. The quantitative estimate of drug-likeness (QED) is 0.225. The predicted octanol–water partition coefficient (Wildman–Crippen LogP) is 5.70. The van der Waals surface area contributed by atoms with Gasteiger partial charge < -0.3 is 10.2 Å². The maximum absolute atomic E-state index is 14.3. The number of sulfonamides is 1. The van der Waals surface area contributed by atoms with Gasteiger partial charge in [0, 0.05) is 19.0 Å². The third kappa shape index (κ3) is 7.78. The Morgan fingerprint density at radius 2 is 1.29 bits per heavy atom. The van der Waals surface area contributed by atoms with Crippen molar-refractivity contribution in [2.45, 2.75) is 43.8 Å². The molecule has 0 spiro atoms. The lowest BCUT2D eigenvalue weighted by Crippen LogP contribution is -2.54. The second-order valence-corrected chi connectivity index (χ2v) is 12.4. The molecule has 2 amide bonds. The van der Waals surface area contributed by atoms with E-state index in [4.69, 9.17) is 11.6 Å². The molecule has 0 aliphatic rings. The van der Waals surface area contributed by atoms with Crippen LogP contribution in [0, 0.1) is 0 Å². The van der Waals surface area contributed by atoms with Gasteiger partial charge in [-0.25, -0.2) is 8.42 Å². The number of nitrogens with one attached hydrogen (secondary N) is 1. The highest BCUT2D eigenvalue weighted by Crippen LogP contribution is 2.31. The Morgan fingerprint density at radius 3 is 1.86 bits per heavy atom. The number of anilines is 1. The zero-order valence-electron chi connectivity index (χ0n) is 23.6. The lowest BCUT2D eigenvalue weighted by molar-refractivity contribution is -0.140. The number of amides is 2. The molecule has 0 radical (unpaired) electrons. The van der Waals surface area contributed by atoms with Gasteiger partial charge in [-0.05, 0) is 49.2 Å². The van der Waals surface area contributed by atoms with Crippen LogP contribution in [-0.2, 0) is 32.6 Å². The molecule has 1 atom stereocenters. The molecule has 4 rings (SSSR count). The van der Waals surface area contributed by atoms with Crippen molar-refractivity contribution in [1.82, 2.24) is 10.2 Å². The van der Waals surface area contributed by atoms with Gasteiger partial charge in [-0.1, -0.05) is 103 Å². The monoisotopic (exact) mass is 603 g/mol. The van der Waals surface area contributed by atoms with Gasteiger partial charge in [-0.15, -0.1) is 0 Å². The first-order chi connectivity index (χ1) is 20.2. The summed E-state index contributed by atoms with van der Waals surface area (Å²) in [6, 6.07) is 32.1. The van der Waals surface area contributed by atoms with Crippen molar-refractivity contribution < 1.29 is 18.0 Å². The Bertz CT molecular complexity index is 1580. The molecular formula is C33H34ClN3O4S. The lowest BCUT2D eigenvalue weighted by Gasteiger charge is -2.34. The van der Waals surface area contributed by atoms with Crippen molar-refractivity contribution in [1.29, 1.82) is 0 Å². The molecule has 0 saturated heterocycles. The highest BCUT2D eigenvalue weighted by atomic mass is 35.5. The largest absolute Gasteiger partial charge is 0.352 e. The molecule has 4 aromatic rings. The highest BCUT2D eigenvalue weighted by molar-refractivity contribution is 7.92. The first-order valence-corrected chi connectivity index (χ1v) is 15.5. The van der Waals surface area contributed by atoms with Crippen LogP contribution >= 0.6 is 11.6 Å². The van der Waals surface area contributed by atoms with E-state index in [1.54, 1.807) is 42.5 Å². The summed E-state index contributed by atoms with van der Waals surface area (Å²) in [5.74, 6) is -0.869. The van der Waals surface area contributed by atoms with Crippen LogP contribution in [0.5, 0.6) is 0 Å². The molecule has 218 valence electrons. The number of para-hydroxylation sites is 1. The topological polar surface area (TPSA) is 86.8 Å². The van der Waals surface area contributed by atoms with Crippen LogP contribution in [0.15, 0.2) is 120 Å². The van der Waals surface area contributed by atoms with Crippen LogP contribution in [0.1, 0.15) is 25.0 Å². The molecule has 1 unspecified atom stereocenters. The molecule has 0 heterocycles. The Labute approximate surface area is 252 Å². The van der Waals surface area contributed by atoms with Crippen LogP contribution in [0.25, 0.3) is 0 Å². The van der Waals surface area contributed by atoms with Gasteiger partial charge in [0.05, 0.1) is 15.6 Å². The number of halogens is 1. The summed E-state index contributed by atoms with van der Waals surface area (Å²) in [6.07, 6.45) is 0.246. The van der Waals surface area contributed by atoms with E-state index < -0.39 is 28.5 Å². The normalized spacial score (nSPS) is 12.0. The maximum atomic E-state index is 14.3. The average Bonchev–Trinajstić information content (AvgIpc) is 2.99. The summed E-state index contributed by atoms with van der Waals surface area (Å²) in [5.41, 5.74) is 1.84. The number of hydrogen-bond acceptors (Lipinski definition) is 4. The SMILES string of the molecule is CC(C)NC(=O)C(Cc1ccccc1)N(Cc1ccccc1)C(=O)CN(c1ccccc1Cl)S(=O)(=O)c1ccccc1. The second-order valence-electron chi connectivity index (χ2n) is 10.2. The van der Waals surface area contributed by atoms with Gasteiger partial charge in [0.25, 0.3) is 10.0 Å². The van der Waals surface area contributed by atoms with Gasteiger partial charge in [0.1, 0.15) is 12.6 Å². The Balaban J connectivity index is 1.79. The second kappa shape index (κ2) is 14.2. The highest BCUT2D eigenvalue weighted by Gasteiger charge is 2.35. The molecule has 1 N–H and O–H groups in total. The third-order valence-corrected chi connectivity index (χ3v) is 8.72. The molecule has 0 aliphatic heterocycles. The summed E-state index contributed by atoms with van der Waals surface area (Å²) >= 11 is 6.49. The summed E-state index contributed by atoms with van der Waals surface area (Å²) in [6.45, 7) is 3.25. The molecule has 0 bridgehead atoms. The lowest BCUT2D eigenvalue weighted by atomic mass is 10.0. The summed E-state index contributed by atoms with van der Waals surface area (Å²) < 4.78 is 28.9. The zero-order valence-corrected chi connectivity index (χ0v) is 25.1. The Hall–Kier alpha value is -4.14. The minimum atomic E-state index is -4.20. The van der Waals surface area contributed by atoms with Crippen molar-refractivity contribution >= 4 is 39.1 Å². The van der Waals surface area contributed by atoms with Crippen molar-refractivity contribution in [3.8, 4) is 0 Å². The van der Waals surface area contributed by atoms with Crippen LogP contribution in [0.2, 0.25) is 5.02 Å². The fraction of sp³-hybridized carbons (Fsp3) is 0.212. The molecule has 4 aromatic carbocycles. The standard InChI is InChI=1S/C33H34ClN3O4S/c1-25(2)35-33(39)31(22-26-14-6-3-7-15-26)36(23-27-16-8-4-9-17-27)32(38)24-37(30-21-13-12-20-29(30)34)42(40,41)28-18-10-5-11-19-28/h3-21,25,31H,22-24H2,1-2H3,(H,35,39). The van der Waals surface area contributed by atoms with E-state index in [9.17, 15) is 18.0 Å². The number of nitrogens with zero attached hydrogens (tertiary/aromatic N) is 2. The first kappa shape index (κ1) is 30.8. The number of benzene rings is 4. The molecule has 0 aromatic heterocycles. The van der Waals surface area contributed by atoms with E-state index in [1.807, 2.05) is 74.5 Å². The molecule has 0 fully saturated rings. The smallest absolute Gasteiger partial charge is 0.264 e.